The molecular formula is C16H24N6O. The maximum Gasteiger partial charge on any atom is 0.217 e. The van der Waals surface area contributed by atoms with Gasteiger partial charge in [0.2, 0.25) is 5.91 Å². The fourth-order valence-electron chi connectivity index (χ4n) is 3.01. The minimum absolute atomic E-state index is 0.0223. The zero-order chi connectivity index (χ0) is 16.6. The monoisotopic (exact) mass is 316 g/mol. The Morgan fingerprint density at radius 3 is 2.78 bits per heavy atom. The molecule has 1 N–H and O–H groups in total. The Kier molecular flexibility index (Phi) is 3.95. The van der Waals surface area contributed by atoms with Crippen LogP contribution in [0.5, 0.6) is 0 Å². The van der Waals surface area contributed by atoms with E-state index in [0.717, 1.165) is 43.2 Å². The van der Waals surface area contributed by atoms with Crippen LogP contribution in [0.15, 0.2) is 12.1 Å². The highest BCUT2D eigenvalue weighted by Gasteiger charge is 2.24. The molecule has 1 unspecified atom stereocenters. The molecule has 3 heterocycles. The predicted octanol–water partition coefficient (Wildman–Crippen LogP) is 1.53. The van der Waals surface area contributed by atoms with E-state index in [1.807, 2.05) is 16.6 Å². The van der Waals surface area contributed by atoms with E-state index in [-0.39, 0.29) is 17.4 Å². The topological polar surface area (TPSA) is 75.4 Å². The Labute approximate surface area is 136 Å². The number of amides is 1. The lowest BCUT2D eigenvalue weighted by molar-refractivity contribution is -0.119. The number of fused-ring (bicyclic) bond motifs is 1. The van der Waals surface area contributed by atoms with Gasteiger partial charge in [-0.05, 0) is 25.0 Å². The van der Waals surface area contributed by atoms with Crippen LogP contribution >= 0.6 is 0 Å². The average Bonchev–Trinajstić information content (AvgIpc) is 2.89. The van der Waals surface area contributed by atoms with Crippen LogP contribution in [0.2, 0.25) is 0 Å². The van der Waals surface area contributed by atoms with Gasteiger partial charge < -0.3 is 10.2 Å². The minimum Gasteiger partial charge on any atom is -0.353 e. The molecule has 1 amide bonds. The molecule has 1 fully saturated rings. The van der Waals surface area contributed by atoms with Gasteiger partial charge in [0, 0.05) is 31.5 Å². The molecule has 1 aliphatic heterocycles. The molecule has 2 aromatic rings. The maximum atomic E-state index is 11.3. The number of nitrogens with one attached hydrogen (secondary N) is 1. The lowest BCUT2D eigenvalue weighted by Gasteiger charge is -2.33. The molecule has 0 aromatic carbocycles. The van der Waals surface area contributed by atoms with Crippen molar-refractivity contribution in [1.82, 2.24) is 25.1 Å². The lowest BCUT2D eigenvalue weighted by atomic mass is 9.96. The second kappa shape index (κ2) is 5.79. The first-order valence-electron chi connectivity index (χ1n) is 8.09. The van der Waals surface area contributed by atoms with E-state index < -0.39 is 0 Å². The summed E-state index contributed by atoms with van der Waals surface area (Å²) in [7, 11) is 0. The van der Waals surface area contributed by atoms with Gasteiger partial charge in [-0.3, -0.25) is 4.79 Å². The molecule has 0 radical (unpaired) electrons. The second-order valence-electron chi connectivity index (χ2n) is 7.22. The quantitative estimate of drug-likeness (QED) is 0.909. The fourth-order valence-corrected chi connectivity index (χ4v) is 3.01. The van der Waals surface area contributed by atoms with Crippen LogP contribution in [0.25, 0.3) is 5.65 Å². The van der Waals surface area contributed by atoms with Crippen LogP contribution in [0, 0.1) is 0 Å². The summed E-state index contributed by atoms with van der Waals surface area (Å²) in [6, 6.07) is 4.11. The smallest absolute Gasteiger partial charge is 0.217 e. The third kappa shape index (κ3) is 3.28. The summed E-state index contributed by atoms with van der Waals surface area (Å²) in [5, 5.41) is 16.2. The molecule has 124 valence electrons. The van der Waals surface area contributed by atoms with Crippen LogP contribution < -0.4 is 10.2 Å². The molecule has 0 aliphatic carbocycles. The van der Waals surface area contributed by atoms with Gasteiger partial charge in [0.05, 0.1) is 0 Å². The molecule has 0 saturated carbocycles. The second-order valence-corrected chi connectivity index (χ2v) is 7.22. The third-order valence-electron chi connectivity index (χ3n) is 4.07. The van der Waals surface area contributed by atoms with Crippen LogP contribution in [0.1, 0.15) is 46.4 Å². The van der Waals surface area contributed by atoms with Crippen molar-refractivity contribution in [3.8, 4) is 0 Å². The highest BCUT2D eigenvalue weighted by atomic mass is 16.1. The molecule has 1 atom stereocenters. The summed E-state index contributed by atoms with van der Waals surface area (Å²) in [5.41, 5.74) is 0.639. The number of aromatic nitrogens is 4. The minimum atomic E-state index is -0.119. The van der Waals surface area contributed by atoms with E-state index >= 15 is 0 Å². The number of anilines is 1. The number of hydrogen-bond donors (Lipinski definition) is 1. The predicted molar refractivity (Wildman–Crippen MR) is 88.5 cm³/mol. The highest BCUT2D eigenvalue weighted by Crippen LogP contribution is 2.23. The van der Waals surface area contributed by atoms with Gasteiger partial charge in [0.1, 0.15) is 5.82 Å². The highest BCUT2D eigenvalue weighted by molar-refractivity contribution is 5.73. The largest absolute Gasteiger partial charge is 0.353 e. The number of carbonyl (C=O) groups is 1. The Bertz CT molecular complexity index is 717. The van der Waals surface area contributed by atoms with Crippen molar-refractivity contribution in [3.63, 3.8) is 0 Å². The van der Waals surface area contributed by atoms with Crippen LogP contribution in [0.4, 0.5) is 5.82 Å². The normalized spacial score (nSPS) is 19.1. The number of rotatable bonds is 2. The SMILES string of the molecule is CC(=O)NC1CCCN(c2ccc3nnc(C(C)(C)C)n3n2)C1. The number of piperidine rings is 1. The molecule has 3 rings (SSSR count). The number of nitrogens with zero attached hydrogens (tertiary/aromatic N) is 5. The van der Waals surface area contributed by atoms with E-state index in [1.165, 1.54) is 0 Å². The molecule has 0 bridgehead atoms. The first-order chi connectivity index (χ1) is 10.8. The lowest BCUT2D eigenvalue weighted by Crippen LogP contribution is -2.47. The van der Waals surface area contributed by atoms with Crippen molar-refractivity contribution in [2.75, 3.05) is 18.0 Å². The van der Waals surface area contributed by atoms with E-state index in [2.05, 4.69) is 41.2 Å². The number of hydrogen-bond acceptors (Lipinski definition) is 5. The van der Waals surface area contributed by atoms with Crippen molar-refractivity contribution >= 4 is 17.4 Å². The van der Waals surface area contributed by atoms with Crippen molar-refractivity contribution in [2.24, 2.45) is 0 Å². The van der Waals surface area contributed by atoms with Crippen molar-refractivity contribution in [3.05, 3.63) is 18.0 Å². The zero-order valence-corrected chi connectivity index (χ0v) is 14.2. The van der Waals surface area contributed by atoms with Gasteiger partial charge in [-0.15, -0.1) is 15.3 Å². The molecule has 23 heavy (non-hydrogen) atoms. The Morgan fingerprint density at radius 2 is 2.09 bits per heavy atom. The Balaban J connectivity index is 1.89. The van der Waals surface area contributed by atoms with E-state index in [1.54, 1.807) is 6.92 Å². The van der Waals surface area contributed by atoms with E-state index in [4.69, 9.17) is 5.10 Å². The van der Waals surface area contributed by atoms with E-state index in [9.17, 15) is 4.79 Å². The van der Waals surface area contributed by atoms with Gasteiger partial charge in [-0.2, -0.15) is 4.52 Å². The maximum absolute atomic E-state index is 11.3. The standard InChI is InChI=1S/C16H24N6O/c1-11(23)17-12-6-5-9-21(10-12)14-8-7-13-18-19-15(16(2,3)4)22(13)20-14/h7-8,12H,5-6,9-10H2,1-4H3,(H,17,23). The van der Waals surface area contributed by atoms with Crippen molar-refractivity contribution < 1.29 is 4.79 Å². The molecule has 0 spiro atoms. The summed E-state index contributed by atoms with van der Waals surface area (Å²) < 4.78 is 1.83. The van der Waals surface area contributed by atoms with Crippen molar-refractivity contribution in [2.45, 2.75) is 52.0 Å². The summed E-state index contributed by atoms with van der Waals surface area (Å²) in [5.74, 6) is 1.77. The molecule has 1 aliphatic rings. The Hall–Kier alpha value is -2.18. The molecule has 1 saturated heterocycles. The summed E-state index contributed by atoms with van der Waals surface area (Å²) in [6.07, 6.45) is 2.05. The summed E-state index contributed by atoms with van der Waals surface area (Å²) >= 11 is 0. The molecule has 7 nitrogen and oxygen atoms in total. The van der Waals surface area contributed by atoms with Crippen molar-refractivity contribution in [1.29, 1.82) is 0 Å². The zero-order valence-electron chi connectivity index (χ0n) is 14.2. The first kappa shape index (κ1) is 15.7. The first-order valence-corrected chi connectivity index (χ1v) is 8.09. The molecular weight excluding hydrogens is 292 g/mol. The molecule has 2 aromatic heterocycles. The molecule has 7 heteroatoms. The van der Waals surface area contributed by atoms with Gasteiger partial charge in [-0.25, -0.2) is 0 Å². The summed E-state index contributed by atoms with van der Waals surface area (Å²) in [6.45, 7) is 9.60. The average molecular weight is 316 g/mol. The van der Waals surface area contributed by atoms with Gasteiger partial charge in [0.25, 0.3) is 0 Å². The van der Waals surface area contributed by atoms with Crippen LogP contribution in [-0.4, -0.2) is 44.8 Å². The summed E-state index contributed by atoms with van der Waals surface area (Å²) in [4.78, 5) is 13.5. The van der Waals surface area contributed by atoms with Gasteiger partial charge in [-0.1, -0.05) is 20.8 Å². The number of carbonyl (C=O) groups excluding carboxylic acids is 1. The fraction of sp³-hybridized carbons (Fsp3) is 0.625. The van der Waals surface area contributed by atoms with Crippen LogP contribution in [0.3, 0.4) is 0 Å². The third-order valence-corrected chi connectivity index (χ3v) is 4.07. The van der Waals surface area contributed by atoms with E-state index in [0.29, 0.717) is 0 Å². The van der Waals surface area contributed by atoms with Gasteiger partial charge in [0.15, 0.2) is 11.5 Å². The van der Waals surface area contributed by atoms with Crippen LogP contribution in [-0.2, 0) is 10.2 Å². The Morgan fingerprint density at radius 1 is 1.30 bits per heavy atom. The van der Waals surface area contributed by atoms with Gasteiger partial charge >= 0.3 is 0 Å².